The van der Waals surface area contributed by atoms with Crippen molar-refractivity contribution >= 4 is 17.5 Å². The first-order valence-corrected chi connectivity index (χ1v) is 9.86. The summed E-state index contributed by atoms with van der Waals surface area (Å²) in [4.78, 5) is 27.1. The molecule has 3 rings (SSSR count). The lowest BCUT2D eigenvalue weighted by Crippen LogP contribution is -2.51. The van der Waals surface area contributed by atoms with E-state index in [0.717, 1.165) is 57.3 Å². The molecule has 5 nitrogen and oxygen atoms in total. The standard InChI is InChI=1S/C21H31N3O2/c1-15-10-13-24(14-11-15)20(26)16-6-8-17(9-7-16)23-19(25)18-5-3-4-12-21(18,2)22/h6-9,15,18H,3-5,10-14,22H2,1-2H3,(H,23,25). The second-order valence-corrected chi connectivity index (χ2v) is 8.35. The number of carbonyl (C=O) groups excluding carboxylic acids is 2. The van der Waals surface area contributed by atoms with E-state index in [1.807, 2.05) is 24.0 Å². The van der Waals surface area contributed by atoms with Crippen molar-refractivity contribution in [1.82, 2.24) is 4.90 Å². The summed E-state index contributed by atoms with van der Waals surface area (Å²) in [6.45, 7) is 5.86. The molecule has 142 valence electrons. The maximum Gasteiger partial charge on any atom is 0.253 e. The Kier molecular flexibility index (Phi) is 5.66. The predicted octanol–water partition coefficient (Wildman–Crippen LogP) is 3.40. The first-order chi connectivity index (χ1) is 12.4. The van der Waals surface area contributed by atoms with Crippen molar-refractivity contribution in [3.63, 3.8) is 0 Å². The van der Waals surface area contributed by atoms with E-state index < -0.39 is 5.54 Å². The Labute approximate surface area is 156 Å². The van der Waals surface area contributed by atoms with Gasteiger partial charge in [0.15, 0.2) is 0 Å². The normalized spacial score (nSPS) is 27.2. The maximum atomic E-state index is 12.6. The minimum Gasteiger partial charge on any atom is -0.339 e. The predicted molar refractivity (Wildman–Crippen MR) is 104 cm³/mol. The average molecular weight is 357 g/mol. The molecular weight excluding hydrogens is 326 g/mol. The molecule has 0 bridgehead atoms. The van der Waals surface area contributed by atoms with Crippen LogP contribution in [0.1, 0.15) is 62.7 Å². The molecule has 0 radical (unpaired) electrons. The lowest BCUT2D eigenvalue weighted by atomic mass is 9.74. The topological polar surface area (TPSA) is 75.4 Å². The Morgan fingerprint density at radius 1 is 1.12 bits per heavy atom. The van der Waals surface area contributed by atoms with Crippen LogP contribution in [0.5, 0.6) is 0 Å². The molecule has 2 fully saturated rings. The molecule has 26 heavy (non-hydrogen) atoms. The number of benzene rings is 1. The van der Waals surface area contributed by atoms with Crippen LogP contribution in [0.3, 0.4) is 0 Å². The zero-order valence-electron chi connectivity index (χ0n) is 16.0. The summed E-state index contributed by atoms with van der Waals surface area (Å²) in [6, 6.07) is 7.24. The van der Waals surface area contributed by atoms with Gasteiger partial charge in [0.2, 0.25) is 5.91 Å². The van der Waals surface area contributed by atoms with Gasteiger partial charge >= 0.3 is 0 Å². The zero-order valence-corrected chi connectivity index (χ0v) is 16.0. The summed E-state index contributed by atoms with van der Waals surface area (Å²) in [5.41, 5.74) is 7.28. The summed E-state index contributed by atoms with van der Waals surface area (Å²) >= 11 is 0. The lowest BCUT2D eigenvalue weighted by molar-refractivity contribution is -0.122. The van der Waals surface area contributed by atoms with Crippen molar-refractivity contribution in [3.8, 4) is 0 Å². The summed E-state index contributed by atoms with van der Waals surface area (Å²) in [5, 5.41) is 2.97. The maximum absolute atomic E-state index is 12.6. The van der Waals surface area contributed by atoms with E-state index in [1.165, 1.54) is 0 Å². The third kappa shape index (κ3) is 4.26. The largest absolute Gasteiger partial charge is 0.339 e. The van der Waals surface area contributed by atoms with Crippen LogP contribution in [0, 0.1) is 11.8 Å². The molecule has 1 aromatic carbocycles. The average Bonchev–Trinajstić information content (AvgIpc) is 2.62. The van der Waals surface area contributed by atoms with Crippen molar-refractivity contribution in [1.29, 1.82) is 0 Å². The van der Waals surface area contributed by atoms with Gasteiger partial charge in [-0.2, -0.15) is 0 Å². The molecule has 3 N–H and O–H groups in total. The van der Waals surface area contributed by atoms with Gasteiger partial charge in [0.05, 0.1) is 5.92 Å². The molecular formula is C21H31N3O2. The summed E-state index contributed by atoms with van der Waals surface area (Å²) < 4.78 is 0. The van der Waals surface area contributed by atoms with E-state index in [9.17, 15) is 9.59 Å². The molecule has 2 amide bonds. The Balaban J connectivity index is 1.60. The van der Waals surface area contributed by atoms with Gasteiger partial charge in [0.25, 0.3) is 5.91 Å². The number of nitrogens with two attached hydrogens (primary N) is 1. The molecule has 2 atom stereocenters. The monoisotopic (exact) mass is 357 g/mol. The van der Waals surface area contributed by atoms with E-state index in [2.05, 4.69) is 12.2 Å². The van der Waals surface area contributed by atoms with E-state index >= 15 is 0 Å². The van der Waals surface area contributed by atoms with Crippen molar-refractivity contribution in [2.45, 2.75) is 57.9 Å². The number of rotatable bonds is 3. The van der Waals surface area contributed by atoms with Crippen LogP contribution in [0.4, 0.5) is 5.69 Å². The first-order valence-electron chi connectivity index (χ1n) is 9.86. The number of nitrogens with one attached hydrogen (secondary N) is 1. The third-order valence-electron chi connectivity index (χ3n) is 6.04. The molecule has 1 aliphatic heterocycles. The van der Waals surface area contributed by atoms with E-state index in [1.54, 1.807) is 12.1 Å². The Morgan fingerprint density at radius 3 is 2.38 bits per heavy atom. The smallest absolute Gasteiger partial charge is 0.253 e. The van der Waals surface area contributed by atoms with Gasteiger partial charge in [0.1, 0.15) is 0 Å². The van der Waals surface area contributed by atoms with E-state index in [0.29, 0.717) is 11.5 Å². The van der Waals surface area contributed by atoms with Crippen LogP contribution >= 0.6 is 0 Å². The fourth-order valence-electron chi connectivity index (χ4n) is 4.11. The van der Waals surface area contributed by atoms with Crippen LogP contribution in [-0.2, 0) is 4.79 Å². The second kappa shape index (κ2) is 7.78. The van der Waals surface area contributed by atoms with Crippen LogP contribution in [-0.4, -0.2) is 35.3 Å². The Morgan fingerprint density at radius 2 is 1.77 bits per heavy atom. The van der Waals surface area contributed by atoms with Gasteiger partial charge in [-0.1, -0.05) is 19.8 Å². The van der Waals surface area contributed by atoms with Crippen molar-refractivity contribution in [2.24, 2.45) is 17.6 Å². The first kappa shape index (κ1) is 18.9. The van der Waals surface area contributed by atoms with Gasteiger partial charge in [-0.25, -0.2) is 0 Å². The van der Waals surface area contributed by atoms with Crippen molar-refractivity contribution in [2.75, 3.05) is 18.4 Å². The van der Waals surface area contributed by atoms with E-state index in [-0.39, 0.29) is 17.7 Å². The number of nitrogens with zero attached hydrogens (tertiary/aromatic N) is 1. The van der Waals surface area contributed by atoms with E-state index in [4.69, 9.17) is 5.73 Å². The third-order valence-corrected chi connectivity index (χ3v) is 6.04. The minimum atomic E-state index is -0.441. The highest BCUT2D eigenvalue weighted by Gasteiger charge is 2.37. The number of likely N-dealkylation sites (tertiary alicyclic amines) is 1. The number of hydrogen-bond donors (Lipinski definition) is 2. The highest BCUT2D eigenvalue weighted by atomic mass is 16.2. The molecule has 0 spiro atoms. The molecule has 2 aliphatic rings. The van der Waals surface area contributed by atoms with Crippen LogP contribution in [0.25, 0.3) is 0 Å². The van der Waals surface area contributed by atoms with Gasteiger partial charge < -0.3 is 16.0 Å². The van der Waals surface area contributed by atoms with Crippen molar-refractivity contribution < 1.29 is 9.59 Å². The highest BCUT2D eigenvalue weighted by Crippen LogP contribution is 2.32. The second-order valence-electron chi connectivity index (χ2n) is 8.35. The molecule has 5 heteroatoms. The van der Waals surface area contributed by atoms with Crippen LogP contribution < -0.4 is 11.1 Å². The summed E-state index contributed by atoms with van der Waals surface area (Å²) in [7, 11) is 0. The molecule has 2 unspecified atom stereocenters. The molecule has 1 aliphatic carbocycles. The quantitative estimate of drug-likeness (QED) is 0.870. The lowest BCUT2D eigenvalue weighted by Gasteiger charge is -2.37. The summed E-state index contributed by atoms with van der Waals surface area (Å²) in [5.74, 6) is 0.605. The van der Waals surface area contributed by atoms with Gasteiger partial charge in [-0.15, -0.1) is 0 Å². The summed E-state index contributed by atoms with van der Waals surface area (Å²) in [6.07, 6.45) is 5.99. The molecule has 0 aromatic heterocycles. The fraction of sp³-hybridized carbons (Fsp3) is 0.619. The number of hydrogen-bond acceptors (Lipinski definition) is 3. The SMILES string of the molecule is CC1CCN(C(=O)c2ccc(NC(=O)C3CCCCC3(C)N)cc2)CC1. The fourth-order valence-corrected chi connectivity index (χ4v) is 4.11. The van der Waals surface area contributed by atoms with Gasteiger partial charge in [0, 0.05) is 29.9 Å². The van der Waals surface area contributed by atoms with Gasteiger partial charge in [-0.05, 0) is 62.8 Å². The van der Waals surface area contributed by atoms with Crippen molar-refractivity contribution in [3.05, 3.63) is 29.8 Å². The van der Waals surface area contributed by atoms with Gasteiger partial charge in [-0.3, -0.25) is 9.59 Å². The Hall–Kier alpha value is -1.88. The molecule has 1 heterocycles. The molecule has 1 saturated heterocycles. The van der Waals surface area contributed by atoms with Crippen LogP contribution in [0.15, 0.2) is 24.3 Å². The minimum absolute atomic E-state index is 0.0150. The number of carbonyl (C=O) groups is 2. The zero-order chi connectivity index (χ0) is 18.7. The highest BCUT2D eigenvalue weighted by molar-refractivity contribution is 5.96. The number of amides is 2. The van der Waals surface area contributed by atoms with Crippen LogP contribution in [0.2, 0.25) is 0 Å². The number of anilines is 1. The number of piperidine rings is 1. The Bertz CT molecular complexity index is 646. The molecule has 1 aromatic rings. The molecule has 1 saturated carbocycles.